The number of nitrogens with one attached hydrogen (secondary N) is 1. The van der Waals surface area contributed by atoms with E-state index in [1.165, 1.54) is 34.5 Å². The lowest BCUT2D eigenvalue weighted by molar-refractivity contribution is -0.384. The van der Waals surface area contributed by atoms with Gasteiger partial charge in [-0.25, -0.2) is 4.68 Å². The molecule has 2 aromatic carbocycles. The Kier molecular flexibility index (Phi) is 5.07. The smallest absolute Gasteiger partial charge is 0.280 e. The standard InChI is InChI=1S/C19H18N4O3/c1-14-18(13-20-12-11-15-5-3-2-4-6-15)19(24)22(21-14)16-7-9-17(10-8-16)23(25)26/h2-10,13,21H,11-12H2,1H3. The van der Waals surface area contributed by atoms with Gasteiger partial charge in [-0.05, 0) is 31.0 Å². The van der Waals surface area contributed by atoms with E-state index < -0.39 is 4.92 Å². The summed E-state index contributed by atoms with van der Waals surface area (Å²) in [6.45, 7) is 2.38. The van der Waals surface area contributed by atoms with Crippen LogP contribution in [0.15, 0.2) is 64.4 Å². The summed E-state index contributed by atoms with van der Waals surface area (Å²) in [6.07, 6.45) is 2.39. The molecule has 0 amide bonds. The lowest BCUT2D eigenvalue weighted by Gasteiger charge is -2.00. The lowest BCUT2D eigenvalue weighted by Crippen LogP contribution is -2.17. The second kappa shape index (κ2) is 7.60. The summed E-state index contributed by atoms with van der Waals surface area (Å²) in [5, 5.41) is 13.7. The number of aromatic amines is 1. The highest BCUT2D eigenvalue weighted by Gasteiger charge is 2.12. The number of hydrogen-bond acceptors (Lipinski definition) is 4. The van der Waals surface area contributed by atoms with Crippen molar-refractivity contribution in [1.29, 1.82) is 0 Å². The third kappa shape index (κ3) is 3.77. The van der Waals surface area contributed by atoms with Crippen LogP contribution >= 0.6 is 0 Å². The van der Waals surface area contributed by atoms with E-state index >= 15 is 0 Å². The summed E-state index contributed by atoms with van der Waals surface area (Å²) in [7, 11) is 0. The van der Waals surface area contributed by atoms with Gasteiger partial charge in [0.25, 0.3) is 11.2 Å². The minimum absolute atomic E-state index is 0.0206. The highest BCUT2D eigenvalue weighted by Crippen LogP contribution is 2.14. The van der Waals surface area contributed by atoms with Crippen LogP contribution in [0.5, 0.6) is 0 Å². The molecular formula is C19H18N4O3. The van der Waals surface area contributed by atoms with Crippen LogP contribution in [-0.4, -0.2) is 27.5 Å². The largest absolute Gasteiger partial charge is 0.295 e. The molecule has 132 valence electrons. The summed E-state index contributed by atoms with van der Waals surface area (Å²) in [5.41, 5.74) is 2.65. The number of aryl methyl sites for hydroxylation is 1. The molecule has 0 aliphatic rings. The van der Waals surface area contributed by atoms with Gasteiger partial charge in [0.15, 0.2) is 0 Å². The zero-order valence-corrected chi connectivity index (χ0v) is 14.3. The third-order valence-electron chi connectivity index (χ3n) is 4.03. The number of nitrogens with zero attached hydrogens (tertiary/aromatic N) is 3. The van der Waals surface area contributed by atoms with Crippen molar-refractivity contribution >= 4 is 11.9 Å². The fraction of sp³-hybridized carbons (Fsp3) is 0.158. The molecule has 0 atom stereocenters. The normalized spacial score (nSPS) is 11.1. The SMILES string of the molecule is Cc1[nH]n(-c2ccc([N+](=O)[O-])cc2)c(=O)c1C=NCCc1ccccc1. The monoisotopic (exact) mass is 350 g/mol. The number of hydrogen-bond donors (Lipinski definition) is 1. The molecule has 1 N–H and O–H groups in total. The van der Waals surface area contributed by atoms with Crippen LogP contribution in [0, 0.1) is 17.0 Å². The molecule has 1 heterocycles. The first-order chi connectivity index (χ1) is 12.6. The fourth-order valence-electron chi connectivity index (χ4n) is 2.61. The number of benzene rings is 2. The predicted octanol–water partition coefficient (Wildman–Crippen LogP) is 3.04. The predicted molar refractivity (Wildman–Crippen MR) is 100 cm³/mol. The molecule has 3 aromatic rings. The van der Waals surface area contributed by atoms with Crippen LogP contribution in [0.2, 0.25) is 0 Å². The van der Waals surface area contributed by atoms with Crippen molar-refractivity contribution in [3.8, 4) is 5.69 Å². The van der Waals surface area contributed by atoms with Crippen LogP contribution in [0.4, 0.5) is 5.69 Å². The van der Waals surface area contributed by atoms with E-state index in [-0.39, 0.29) is 11.2 Å². The van der Waals surface area contributed by atoms with E-state index in [2.05, 4.69) is 10.1 Å². The molecule has 0 fully saturated rings. The second-order valence-electron chi connectivity index (χ2n) is 5.84. The van der Waals surface area contributed by atoms with E-state index in [9.17, 15) is 14.9 Å². The molecule has 7 nitrogen and oxygen atoms in total. The fourth-order valence-corrected chi connectivity index (χ4v) is 2.61. The van der Waals surface area contributed by atoms with Gasteiger partial charge in [0.05, 0.1) is 16.2 Å². The zero-order valence-electron chi connectivity index (χ0n) is 14.3. The van der Waals surface area contributed by atoms with E-state index in [4.69, 9.17) is 0 Å². The number of non-ortho nitro benzene ring substituents is 1. The van der Waals surface area contributed by atoms with Gasteiger partial charge in [-0.1, -0.05) is 30.3 Å². The average Bonchev–Trinajstić information content (AvgIpc) is 2.94. The van der Waals surface area contributed by atoms with Gasteiger partial charge in [0.1, 0.15) is 0 Å². The Morgan fingerprint density at radius 2 is 1.85 bits per heavy atom. The maximum Gasteiger partial charge on any atom is 0.280 e. The van der Waals surface area contributed by atoms with Gasteiger partial charge < -0.3 is 0 Å². The van der Waals surface area contributed by atoms with Crippen molar-refractivity contribution in [3.05, 3.63) is 91.9 Å². The second-order valence-corrected chi connectivity index (χ2v) is 5.84. The molecule has 3 rings (SSSR count). The molecular weight excluding hydrogens is 332 g/mol. The first-order valence-corrected chi connectivity index (χ1v) is 8.16. The number of aromatic nitrogens is 2. The summed E-state index contributed by atoms with van der Waals surface area (Å²) in [4.78, 5) is 27.2. The highest BCUT2D eigenvalue weighted by atomic mass is 16.6. The number of nitro groups is 1. The minimum atomic E-state index is -0.475. The van der Waals surface area contributed by atoms with Crippen molar-refractivity contribution in [2.45, 2.75) is 13.3 Å². The first kappa shape index (κ1) is 17.3. The van der Waals surface area contributed by atoms with Crippen LogP contribution in [0.3, 0.4) is 0 Å². The van der Waals surface area contributed by atoms with Crippen molar-refractivity contribution in [1.82, 2.24) is 9.78 Å². The highest BCUT2D eigenvalue weighted by molar-refractivity contribution is 5.80. The summed E-state index contributed by atoms with van der Waals surface area (Å²) >= 11 is 0. The molecule has 0 unspecified atom stereocenters. The van der Waals surface area contributed by atoms with Gasteiger partial charge in [-0.2, -0.15) is 0 Å². The Balaban J connectivity index is 1.76. The Morgan fingerprint density at radius 1 is 1.15 bits per heavy atom. The van der Waals surface area contributed by atoms with E-state index in [1.807, 2.05) is 30.3 Å². The first-order valence-electron chi connectivity index (χ1n) is 8.16. The number of nitro benzene ring substituents is 1. The van der Waals surface area contributed by atoms with Gasteiger partial charge in [-0.15, -0.1) is 0 Å². The van der Waals surface area contributed by atoms with Crippen molar-refractivity contribution < 1.29 is 4.92 Å². The van der Waals surface area contributed by atoms with Crippen molar-refractivity contribution in [3.63, 3.8) is 0 Å². The molecule has 0 aliphatic carbocycles. The summed E-state index contributed by atoms with van der Waals surface area (Å²) in [5.74, 6) is 0. The molecule has 0 aliphatic heterocycles. The number of rotatable bonds is 6. The molecule has 0 radical (unpaired) electrons. The Labute approximate surface area is 149 Å². The maximum atomic E-state index is 12.6. The summed E-state index contributed by atoms with van der Waals surface area (Å²) < 4.78 is 1.36. The van der Waals surface area contributed by atoms with Crippen LogP contribution in [-0.2, 0) is 6.42 Å². The quantitative estimate of drug-likeness (QED) is 0.421. The molecule has 26 heavy (non-hydrogen) atoms. The topological polar surface area (TPSA) is 93.3 Å². The minimum Gasteiger partial charge on any atom is -0.295 e. The Bertz CT molecular complexity index is 986. The van der Waals surface area contributed by atoms with Crippen LogP contribution in [0.1, 0.15) is 16.8 Å². The van der Waals surface area contributed by atoms with Gasteiger partial charge >= 0.3 is 0 Å². The molecule has 7 heteroatoms. The Hall–Kier alpha value is -3.48. The van der Waals surface area contributed by atoms with Crippen LogP contribution < -0.4 is 5.56 Å². The maximum absolute atomic E-state index is 12.6. The third-order valence-corrected chi connectivity index (χ3v) is 4.03. The Morgan fingerprint density at radius 3 is 2.50 bits per heavy atom. The van der Waals surface area contributed by atoms with E-state index in [1.54, 1.807) is 13.1 Å². The zero-order chi connectivity index (χ0) is 18.5. The lowest BCUT2D eigenvalue weighted by atomic mass is 10.1. The van der Waals surface area contributed by atoms with Crippen LogP contribution in [0.25, 0.3) is 5.69 Å². The van der Waals surface area contributed by atoms with Gasteiger partial charge in [0.2, 0.25) is 0 Å². The van der Waals surface area contributed by atoms with Gasteiger partial charge in [0, 0.05) is 30.6 Å². The molecule has 0 saturated heterocycles. The molecule has 1 aromatic heterocycles. The van der Waals surface area contributed by atoms with Crippen molar-refractivity contribution in [2.75, 3.05) is 6.54 Å². The molecule has 0 saturated carbocycles. The number of aliphatic imine (C=N–C) groups is 1. The summed E-state index contributed by atoms with van der Waals surface area (Å²) in [6, 6.07) is 15.8. The average molecular weight is 350 g/mol. The van der Waals surface area contributed by atoms with E-state index in [0.29, 0.717) is 23.5 Å². The van der Waals surface area contributed by atoms with Gasteiger partial charge in [-0.3, -0.25) is 25.0 Å². The van der Waals surface area contributed by atoms with Crippen molar-refractivity contribution in [2.24, 2.45) is 4.99 Å². The molecule has 0 spiro atoms. The number of H-pyrrole nitrogens is 1. The van der Waals surface area contributed by atoms with E-state index in [0.717, 1.165) is 6.42 Å². The molecule has 0 bridgehead atoms.